The third-order valence-electron chi connectivity index (χ3n) is 8.06. The summed E-state index contributed by atoms with van der Waals surface area (Å²) in [5.74, 6) is -1.06. The molecule has 3 aliphatic rings. The standard InChI is InChI=1S/C29H34ClN3O5S/c1-3-38-19-11-9-18(10-12-19)31-26(35)22-21-13-14-29(39-21)23(22)28(37)33(15-4-5-16-34)25(29)27(36)32-24-17(2)7-6-8-20(24)30/h6-12,21-23,25,34H,3-5,13-16H2,1-2H3,(H,31,35)(H,32,36)/t21-,22+,23-,25?,29?/m0/s1. The third kappa shape index (κ3) is 5.00. The second-order valence-electron chi connectivity index (χ2n) is 10.4. The number of amides is 3. The van der Waals surface area contributed by atoms with Gasteiger partial charge in [0.2, 0.25) is 17.7 Å². The number of aryl methyl sites for hydroxylation is 1. The number of nitrogens with zero attached hydrogens (tertiary/aromatic N) is 1. The zero-order chi connectivity index (χ0) is 27.7. The fourth-order valence-corrected chi connectivity index (χ4v) is 8.89. The first-order valence-corrected chi connectivity index (χ1v) is 14.8. The number of aliphatic hydroxyl groups excluding tert-OH is 1. The van der Waals surface area contributed by atoms with E-state index in [1.807, 2.05) is 26.0 Å². The van der Waals surface area contributed by atoms with Crippen LogP contribution in [0.3, 0.4) is 0 Å². The van der Waals surface area contributed by atoms with E-state index in [1.54, 1.807) is 47.0 Å². The largest absolute Gasteiger partial charge is 0.494 e. The van der Waals surface area contributed by atoms with Crippen molar-refractivity contribution >= 4 is 52.5 Å². The van der Waals surface area contributed by atoms with Gasteiger partial charge in [0.05, 0.1) is 33.9 Å². The van der Waals surface area contributed by atoms with Crippen LogP contribution in [0.5, 0.6) is 5.75 Å². The lowest BCUT2D eigenvalue weighted by molar-refractivity contribution is -0.138. The number of thioether (sulfide) groups is 1. The Labute approximate surface area is 237 Å². The predicted molar refractivity (Wildman–Crippen MR) is 153 cm³/mol. The van der Waals surface area contributed by atoms with Crippen molar-refractivity contribution in [3.63, 3.8) is 0 Å². The Morgan fingerprint density at radius 2 is 1.92 bits per heavy atom. The van der Waals surface area contributed by atoms with E-state index < -0.39 is 22.6 Å². The molecule has 8 nitrogen and oxygen atoms in total. The molecule has 3 heterocycles. The van der Waals surface area contributed by atoms with Gasteiger partial charge in [-0.25, -0.2) is 0 Å². The van der Waals surface area contributed by atoms with Crippen LogP contribution in [0.25, 0.3) is 0 Å². The molecule has 0 aliphatic carbocycles. The highest BCUT2D eigenvalue weighted by molar-refractivity contribution is 8.02. The smallest absolute Gasteiger partial charge is 0.248 e. The highest BCUT2D eigenvalue weighted by atomic mass is 35.5. The number of hydrogen-bond donors (Lipinski definition) is 3. The Balaban J connectivity index is 1.43. The molecular weight excluding hydrogens is 538 g/mol. The number of aliphatic hydroxyl groups is 1. The number of unbranched alkanes of at least 4 members (excludes halogenated alkanes) is 1. The van der Waals surface area contributed by atoms with Gasteiger partial charge in [-0.1, -0.05) is 23.7 Å². The molecule has 3 amide bonds. The zero-order valence-corrected chi connectivity index (χ0v) is 23.7. The summed E-state index contributed by atoms with van der Waals surface area (Å²) in [6, 6.07) is 11.9. The molecule has 3 saturated heterocycles. The van der Waals surface area contributed by atoms with Crippen molar-refractivity contribution < 1.29 is 24.2 Å². The first-order chi connectivity index (χ1) is 18.8. The van der Waals surface area contributed by atoms with Crippen molar-refractivity contribution in [3.8, 4) is 5.75 Å². The lowest BCUT2D eigenvalue weighted by Gasteiger charge is -2.34. The van der Waals surface area contributed by atoms with E-state index in [4.69, 9.17) is 16.3 Å². The molecule has 39 heavy (non-hydrogen) atoms. The minimum absolute atomic E-state index is 0.0101. The van der Waals surface area contributed by atoms with Crippen LogP contribution in [-0.2, 0) is 14.4 Å². The number of para-hydroxylation sites is 1. The van der Waals surface area contributed by atoms with Gasteiger partial charge >= 0.3 is 0 Å². The van der Waals surface area contributed by atoms with E-state index in [-0.39, 0.29) is 29.6 Å². The topological polar surface area (TPSA) is 108 Å². The summed E-state index contributed by atoms with van der Waals surface area (Å²) in [4.78, 5) is 43.2. The maximum Gasteiger partial charge on any atom is 0.248 e. The summed E-state index contributed by atoms with van der Waals surface area (Å²) in [5, 5.41) is 15.7. The average molecular weight is 572 g/mol. The number of likely N-dealkylation sites (tertiary alicyclic amines) is 1. The van der Waals surface area contributed by atoms with Gasteiger partial charge in [0.25, 0.3) is 0 Å². The number of nitrogens with one attached hydrogen (secondary N) is 2. The summed E-state index contributed by atoms with van der Waals surface area (Å²) < 4.78 is 4.80. The lowest BCUT2D eigenvalue weighted by atomic mass is 9.70. The van der Waals surface area contributed by atoms with Crippen LogP contribution in [0.15, 0.2) is 42.5 Å². The second-order valence-corrected chi connectivity index (χ2v) is 12.4. The highest BCUT2D eigenvalue weighted by Crippen LogP contribution is 2.66. The number of carbonyl (C=O) groups excluding carboxylic acids is 3. The number of halogens is 1. The van der Waals surface area contributed by atoms with Gasteiger partial charge in [-0.2, -0.15) is 0 Å². The third-order valence-corrected chi connectivity index (χ3v) is 10.3. The van der Waals surface area contributed by atoms with Crippen LogP contribution in [0, 0.1) is 18.8 Å². The Bertz CT molecular complexity index is 1240. The molecular formula is C29H34ClN3O5S. The minimum Gasteiger partial charge on any atom is -0.494 e. The van der Waals surface area contributed by atoms with Crippen LogP contribution >= 0.6 is 23.4 Å². The number of benzene rings is 2. The van der Waals surface area contributed by atoms with Crippen molar-refractivity contribution in [2.75, 3.05) is 30.4 Å². The van der Waals surface area contributed by atoms with Gasteiger partial charge in [0.15, 0.2) is 0 Å². The maximum atomic E-state index is 14.0. The number of ether oxygens (including phenoxy) is 1. The minimum atomic E-state index is -0.734. The van der Waals surface area contributed by atoms with Crippen LogP contribution in [0.2, 0.25) is 5.02 Å². The Morgan fingerprint density at radius 3 is 2.62 bits per heavy atom. The quantitative estimate of drug-likeness (QED) is 0.363. The first-order valence-electron chi connectivity index (χ1n) is 13.5. The van der Waals surface area contributed by atoms with Crippen molar-refractivity contribution in [2.45, 2.75) is 55.6 Å². The molecule has 10 heteroatoms. The Kier molecular flexibility index (Phi) is 8.12. The van der Waals surface area contributed by atoms with Crippen molar-refractivity contribution in [1.82, 2.24) is 4.90 Å². The van der Waals surface area contributed by atoms with Gasteiger partial charge in [0.1, 0.15) is 11.8 Å². The number of rotatable bonds is 10. The molecule has 5 rings (SSSR count). The SMILES string of the molecule is CCOc1ccc(NC(=O)[C@@H]2[C@@H]3CCC4(S3)C(C(=O)Nc3c(C)cccc3Cl)N(CCCCO)C(=O)[C@H]24)cc1. The van der Waals surface area contributed by atoms with Crippen LogP contribution < -0.4 is 15.4 Å². The predicted octanol–water partition coefficient (Wildman–Crippen LogP) is 4.49. The normalized spacial score (nSPS) is 27.0. The second kappa shape index (κ2) is 11.4. The van der Waals surface area contributed by atoms with Crippen LogP contribution in [-0.4, -0.2) is 63.5 Å². The summed E-state index contributed by atoms with van der Waals surface area (Å²) >= 11 is 8.04. The number of carbonyl (C=O) groups is 3. The molecule has 2 bridgehead atoms. The van der Waals surface area contributed by atoms with E-state index >= 15 is 0 Å². The summed E-state index contributed by atoms with van der Waals surface area (Å²) in [6.07, 6.45) is 2.53. The van der Waals surface area contributed by atoms with E-state index in [2.05, 4.69) is 10.6 Å². The summed E-state index contributed by atoms with van der Waals surface area (Å²) in [5.41, 5.74) is 2.00. The average Bonchev–Trinajstić information content (AvgIpc) is 3.55. The van der Waals surface area contributed by atoms with Crippen molar-refractivity contribution in [1.29, 1.82) is 0 Å². The molecule has 2 aromatic carbocycles. The molecule has 208 valence electrons. The van der Waals surface area contributed by atoms with Gasteiger partial charge in [-0.05, 0) is 75.4 Å². The van der Waals surface area contributed by atoms with E-state index in [0.717, 1.165) is 17.7 Å². The monoisotopic (exact) mass is 571 g/mol. The zero-order valence-electron chi connectivity index (χ0n) is 22.1. The summed E-state index contributed by atoms with van der Waals surface area (Å²) in [6.45, 7) is 4.69. The molecule has 3 aliphatic heterocycles. The maximum absolute atomic E-state index is 14.0. The fraction of sp³-hybridized carbons (Fsp3) is 0.483. The van der Waals surface area contributed by atoms with Crippen LogP contribution in [0.4, 0.5) is 11.4 Å². The van der Waals surface area contributed by atoms with Gasteiger partial charge in [-0.3, -0.25) is 14.4 Å². The van der Waals surface area contributed by atoms with Gasteiger partial charge in [-0.15, -0.1) is 11.8 Å². The highest BCUT2D eigenvalue weighted by Gasteiger charge is 2.73. The molecule has 2 unspecified atom stereocenters. The van der Waals surface area contributed by atoms with Crippen molar-refractivity contribution in [3.05, 3.63) is 53.1 Å². The van der Waals surface area contributed by atoms with Gasteiger partial charge < -0.3 is 25.4 Å². The molecule has 0 radical (unpaired) electrons. The number of hydrogen-bond acceptors (Lipinski definition) is 6. The van der Waals surface area contributed by atoms with Gasteiger partial charge in [0, 0.05) is 24.1 Å². The number of fused-ring (bicyclic) bond motifs is 1. The molecule has 0 saturated carbocycles. The van der Waals surface area contributed by atoms with E-state index in [9.17, 15) is 19.5 Å². The Morgan fingerprint density at radius 1 is 1.15 bits per heavy atom. The first kappa shape index (κ1) is 27.8. The van der Waals surface area contributed by atoms with E-state index in [1.165, 1.54) is 0 Å². The van der Waals surface area contributed by atoms with E-state index in [0.29, 0.717) is 48.8 Å². The van der Waals surface area contributed by atoms with Crippen molar-refractivity contribution in [2.24, 2.45) is 11.8 Å². The molecule has 3 N–H and O–H groups in total. The molecule has 2 aromatic rings. The molecule has 5 atom stereocenters. The summed E-state index contributed by atoms with van der Waals surface area (Å²) in [7, 11) is 0. The Hall–Kier alpha value is -2.75. The van der Waals surface area contributed by atoms with Crippen LogP contribution in [0.1, 0.15) is 38.2 Å². The number of anilines is 2. The lowest BCUT2D eigenvalue weighted by Crippen LogP contribution is -2.51. The fourth-order valence-electron chi connectivity index (χ4n) is 6.40. The molecule has 0 aromatic heterocycles. The molecule has 1 spiro atoms. The molecule has 3 fully saturated rings.